The predicted molar refractivity (Wildman–Crippen MR) is 74.3 cm³/mol. The molecular formula is C16H25N. The number of nitrogens with one attached hydrogen (secondary N) is 1. The van der Waals surface area contributed by atoms with Gasteiger partial charge in [0.2, 0.25) is 0 Å². The molecule has 1 atom stereocenters. The van der Waals surface area contributed by atoms with E-state index in [-0.39, 0.29) is 0 Å². The average molecular weight is 231 g/mol. The zero-order valence-electron chi connectivity index (χ0n) is 11.2. The van der Waals surface area contributed by atoms with Gasteiger partial charge >= 0.3 is 0 Å². The molecule has 1 unspecified atom stereocenters. The van der Waals surface area contributed by atoms with Crippen molar-refractivity contribution in [2.75, 3.05) is 6.54 Å². The van der Waals surface area contributed by atoms with Gasteiger partial charge in [0.1, 0.15) is 0 Å². The summed E-state index contributed by atoms with van der Waals surface area (Å²) in [5.74, 6) is 0.898. The quantitative estimate of drug-likeness (QED) is 0.814. The van der Waals surface area contributed by atoms with Gasteiger partial charge in [-0.3, -0.25) is 0 Å². The van der Waals surface area contributed by atoms with E-state index in [0.717, 1.165) is 12.5 Å². The van der Waals surface area contributed by atoms with Gasteiger partial charge in [-0.15, -0.1) is 0 Å². The number of hydrogen-bond acceptors (Lipinski definition) is 1. The van der Waals surface area contributed by atoms with Crippen LogP contribution in [0.5, 0.6) is 0 Å². The summed E-state index contributed by atoms with van der Waals surface area (Å²) in [5.41, 5.74) is 2.96. The SMILES string of the molecule is CCNC(Cc1ccccc1C)C1CCCC1. The van der Waals surface area contributed by atoms with Gasteiger partial charge in [-0.25, -0.2) is 0 Å². The van der Waals surface area contributed by atoms with E-state index >= 15 is 0 Å². The molecule has 0 amide bonds. The van der Waals surface area contributed by atoms with Crippen LogP contribution < -0.4 is 5.32 Å². The molecule has 17 heavy (non-hydrogen) atoms. The molecule has 1 heteroatoms. The molecule has 1 aliphatic carbocycles. The van der Waals surface area contributed by atoms with Crippen LogP contribution >= 0.6 is 0 Å². The lowest BCUT2D eigenvalue weighted by atomic mass is 9.90. The average Bonchev–Trinajstić information content (AvgIpc) is 2.85. The molecule has 94 valence electrons. The minimum atomic E-state index is 0.684. The van der Waals surface area contributed by atoms with E-state index in [9.17, 15) is 0 Å². The molecule has 1 aliphatic rings. The lowest BCUT2D eigenvalue weighted by Crippen LogP contribution is -2.37. The molecule has 0 aliphatic heterocycles. The fraction of sp³-hybridized carbons (Fsp3) is 0.625. The van der Waals surface area contributed by atoms with Gasteiger partial charge in [0, 0.05) is 6.04 Å². The van der Waals surface area contributed by atoms with Crippen molar-refractivity contribution >= 4 is 0 Å². The van der Waals surface area contributed by atoms with Crippen molar-refractivity contribution in [2.24, 2.45) is 5.92 Å². The zero-order chi connectivity index (χ0) is 12.1. The summed E-state index contributed by atoms with van der Waals surface area (Å²) >= 11 is 0. The van der Waals surface area contributed by atoms with E-state index in [1.54, 1.807) is 0 Å². The highest BCUT2D eigenvalue weighted by atomic mass is 14.9. The maximum Gasteiger partial charge on any atom is 0.0136 e. The largest absolute Gasteiger partial charge is 0.314 e. The molecule has 0 saturated heterocycles. The molecule has 2 rings (SSSR count). The molecular weight excluding hydrogens is 206 g/mol. The molecule has 0 bridgehead atoms. The van der Waals surface area contributed by atoms with Gasteiger partial charge in [0.05, 0.1) is 0 Å². The number of hydrogen-bond donors (Lipinski definition) is 1. The second-order valence-electron chi connectivity index (χ2n) is 5.34. The van der Waals surface area contributed by atoms with Gasteiger partial charge in [-0.1, -0.05) is 44.0 Å². The summed E-state index contributed by atoms with van der Waals surface area (Å²) in [4.78, 5) is 0. The van der Waals surface area contributed by atoms with Crippen LogP contribution in [0.15, 0.2) is 24.3 Å². The summed E-state index contributed by atoms with van der Waals surface area (Å²) in [5, 5.41) is 3.70. The van der Waals surface area contributed by atoms with E-state index in [2.05, 4.69) is 43.4 Å². The zero-order valence-corrected chi connectivity index (χ0v) is 11.2. The highest BCUT2D eigenvalue weighted by Crippen LogP contribution is 2.29. The Balaban J connectivity index is 2.04. The summed E-state index contributed by atoms with van der Waals surface area (Å²) in [6, 6.07) is 9.50. The van der Waals surface area contributed by atoms with Crippen molar-refractivity contribution < 1.29 is 0 Å². The Hall–Kier alpha value is -0.820. The van der Waals surface area contributed by atoms with Crippen molar-refractivity contribution in [1.29, 1.82) is 0 Å². The van der Waals surface area contributed by atoms with E-state index in [1.807, 2.05) is 0 Å². The fourth-order valence-corrected chi connectivity index (χ4v) is 3.10. The topological polar surface area (TPSA) is 12.0 Å². The van der Waals surface area contributed by atoms with E-state index in [1.165, 1.54) is 43.2 Å². The van der Waals surface area contributed by atoms with Crippen LogP contribution in [-0.4, -0.2) is 12.6 Å². The summed E-state index contributed by atoms with van der Waals surface area (Å²) in [6.45, 7) is 5.54. The molecule has 1 fully saturated rings. The van der Waals surface area contributed by atoms with E-state index in [0.29, 0.717) is 6.04 Å². The summed E-state index contributed by atoms with van der Waals surface area (Å²) in [6.07, 6.45) is 6.90. The first kappa shape index (κ1) is 12.6. The first-order valence-electron chi connectivity index (χ1n) is 7.09. The minimum absolute atomic E-state index is 0.684. The summed E-state index contributed by atoms with van der Waals surface area (Å²) in [7, 11) is 0. The van der Waals surface area contributed by atoms with Crippen molar-refractivity contribution in [2.45, 2.75) is 52.0 Å². The first-order chi connectivity index (χ1) is 8.31. The van der Waals surface area contributed by atoms with Crippen LogP contribution in [0, 0.1) is 12.8 Å². The Kier molecular flexibility index (Phi) is 4.61. The molecule has 0 spiro atoms. The van der Waals surface area contributed by atoms with Gasteiger partial charge in [0.15, 0.2) is 0 Å². The van der Waals surface area contributed by atoms with Gasteiger partial charge in [0.25, 0.3) is 0 Å². The maximum atomic E-state index is 3.70. The van der Waals surface area contributed by atoms with Gasteiger partial charge < -0.3 is 5.32 Å². The van der Waals surface area contributed by atoms with Crippen molar-refractivity contribution in [3.63, 3.8) is 0 Å². The monoisotopic (exact) mass is 231 g/mol. The third-order valence-electron chi connectivity index (χ3n) is 4.14. The van der Waals surface area contributed by atoms with Crippen molar-refractivity contribution in [3.8, 4) is 0 Å². The first-order valence-corrected chi connectivity index (χ1v) is 7.09. The molecule has 1 N–H and O–H groups in total. The standard InChI is InChI=1S/C16H25N/c1-3-17-16(14-9-6-7-10-14)12-15-11-5-4-8-13(15)2/h4-5,8,11,14,16-17H,3,6-7,9-10,12H2,1-2H3. The third-order valence-corrected chi connectivity index (χ3v) is 4.14. The van der Waals surface area contributed by atoms with Crippen molar-refractivity contribution in [3.05, 3.63) is 35.4 Å². The lowest BCUT2D eigenvalue weighted by Gasteiger charge is -2.25. The second-order valence-corrected chi connectivity index (χ2v) is 5.34. The maximum absolute atomic E-state index is 3.70. The van der Waals surface area contributed by atoms with Crippen LogP contribution in [0.1, 0.15) is 43.7 Å². The third kappa shape index (κ3) is 3.32. The Bertz CT molecular complexity index is 339. The smallest absolute Gasteiger partial charge is 0.0136 e. The molecule has 0 heterocycles. The number of aryl methyl sites for hydroxylation is 1. The van der Waals surface area contributed by atoms with E-state index < -0.39 is 0 Å². The van der Waals surface area contributed by atoms with Crippen LogP contribution in [0.4, 0.5) is 0 Å². The molecule has 0 radical (unpaired) electrons. The van der Waals surface area contributed by atoms with Gasteiger partial charge in [-0.2, -0.15) is 0 Å². The molecule has 1 aromatic rings. The van der Waals surface area contributed by atoms with Crippen LogP contribution in [0.25, 0.3) is 0 Å². The number of likely N-dealkylation sites (N-methyl/N-ethyl adjacent to an activating group) is 1. The molecule has 0 aromatic heterocycles. The fourth-order valence-electron chi connectivity index (χ4n) is 3.10. The highest BCUT2D eigenvalue weighted by Gasteiger charge is 2.24. The normalized spacial score (nSPS) is 18.5. The number of rotatable bonds is 5. The minimum Gasteiger partial charge on any atom is -0.314 e. The molecule has 1 nitrogen and oxygen atoms in total. The summed E-state index contributed by atoms with van der Waals surface area (Å²) < 4.78 is 0. The number of benzene rings is 1. The van der Waals surface area contributed by atoms with E-state index in [4.69, 9.17) is 0 Å². The second kappa shape index (κ2) is 6.20. The Labute approximate surface area is 106 Å². The Morgan fingerprint density at radius 3 is 2.59 bits per heavy atom. The van der Waals surface area contributed by atoms with Crippen LogP contribution in [0.3, 0.4) is 0 Å². The van der Waals surface area contributed by atoms with Crippen LogP contribution in [-0.2, 0) is 6.42 Å². The van der Waals surface area contributed by atoms with Crippen molar-refractivity contribution in [1.82, 2.24) is 5.32 Å². The molecule has 1 saturated carbocycles. The lowest BCUT2D eigenvalue weighted by molar-refractivity contribution is 0.362. The van der Waals surface area contributed by atoms with Gasteiger partial charge in [-0.05, 0) is 49.8 Å². The Morgan fingerprint density at radius 1 is 1.24 bits per heavy atom. The highest BCUT2D eigenvalue weighted by molar-refractivity contribution is 5.26. The van der Waals surface area contributed by atoms with Crippen LogP contribution in [0.2, 0.25) is 0 Å². The predicted octanol–water partition coefficient (Wildman–Crippen LogP) is 3.71. The Morgan fingerprint density at radius 2 is 1.94 bits per heavy atom. The molecule has 1 aromatic carbocycles.